The first kappa shape index (κ1) is 20.2. The van der Waals surface area contributed by atoms with Gasteiger partial charge in [0.25, 0.3) is 5.91 Å². The molecule has 0 spiro atoms. The molecule has 154 valence electrons. The third kappa shape index (κ3) is 4.56. The van der Waals surface area contributed by atoms with Crippen molar-refractivity contribution in [2.24, 2.45) is 0 Å². The summed E-state index contributed by atoms with van der Waals surface area (Å²) in [6, 6.07) is 17.1. The average Bonchev–Trinajstić information content (AvgIpc) is 3.45. The number of para-hydroxylation sites is 1. The fourth-order valence-corrected chi connectivity index (χ4v) is 3.47. The van der Waals surface area contributed by atoms with E-state index in [1.165, 1.54) is 0 Å². The first-order valence-corrected chi connectivity index (χ1v) is 10.0. The number of ether oxygens (including phenoxy) is 2. The lowest BCUT2D eigenvalue weighted by Gasteiger charge is -2.12. The van der Waals surface area contributed by atoms with Crippen molar-refractivity contribution >= 4 is 29.2 Å². The highest BCUT2D eigenvalue weighted by Crippen LogP contribution is 2.29. The Morgan fingerprint density at radius 3 is 2.67 bits per heavy atom. The lowest BCUT2D eigenvalue weighted by Crippen LogP contribution is -2.20. The highest BCUT2D eigenvalue weighted by Gasteiger charge is 2.21. The van der Waals surface area contributed by atoms with E-state index >= 15 is 0 Å². The minimum Gasteiger partial charge on any atom is -0.459 e. The van der Waals surface area contributed by atoms with Gasteiger partial charge in [-0.05, 0) is 49.2 Å². The van der Waals surface area contributed by atoms with Crippen molar-refractivity contribution in [1.82, 2.24) is 0 Å². The highest BCUT2D eigenvalue weighted by atomic mass is 35.5. The molecule has 0 saturated carbocycles. The van der Waals surface area contributed by atoms with Crippen molar-refractivity contribution in [3.63, 3.8) is 0 Å². The van der Waals surface area contributed by atoms with E-state index in [9.17, 15) is 9.59 Å². The van der Waals surface area contributed by atoms with Crippen LogP contribution in [0, 0.1) is 0 Å². The van der Waals surface area contributed by atoms with Crippen molar-refractivity contribution in [2.75, 3.05) is 18.5 Å². The Kier molecular flexibility index (Phi) is 6.16. The van der Waals surface area contributed by atoms with Crippen LogP contribution < -0.4 is 5.32 Å². The molecule has 0 radical (unpaired) electrons. The third-order valence-electron chi connectivity index (χ3n) is 4.79. The summed E-state index contributed by atoms with van der Waals surface area (Å²) in [5, 5.41) is 3.24. The number of halogens is 1. The third-order valence-corrected chi connectivity index (χ3v) is 5.12. The number of furan rings is 1. The van der Waals surface area contributed by atoms with Gasteiger partial charge in [-0.3, -0.25) is 4.79 Å². The molecule has 0 bridgehead atoms. The molecule has 1 unspecified atom stereocenters. The number of carbonyl (C=O) groups excluding carboxylic acids is 2. The van der Waals surface area contributed by atoms with E-state index < -0.39 is 11.9 Å². The largest absolute Gasteiger partial charge is 0.459 e. The van der Waals surface area contributed by atoms with Crippen molar-refractivity contribution in [3.05, 3.63) is 77.0 Å². The highest BCUT2D eigenvalue weighted by molar-refractivity contribution is 6.33. The molecule has 1 saturated heterocycles. The smallest absolute Gasteiger partial charge is 0.340 e. The lowest BCUT2D eigenvalue weighted by atomic mass is 10.1. The Balaban J connectivity index is 1.46. The van der Waals surface area contributed by atoms with Gasteiger partial charge in [0, 0.05) is 12.2 Å². The van der Waals surface area contributed by atoms with E-state index in [1.807, 2.05) is 18.2 Å². The van der Waals surface area contributed by atoms with E-state index in [1.54, 1.807) is 42.5 Å². The summed E-state index contributed by atoms with van der Waals surface area (Å²) in [5.41, 5.74) is 1.30. The lowest BCUT2D eigenvalue weighted by molar-refractivity contribution is 0.0162. The summed E-state index contributed by atoms with van der Waals surface area (Å²) in [5.74, 6) is -0.410. The Hall–Kier alpha value is -3.09. The molecule has 6 nitrogen and oxygen atoms in total. The summed E-state index contributed by atoms with van der Waals surface area (Å²) in [7, 11) is 0. The molecule has 1 aliphatic heterocycles. The van der Waals surface area contributed by atoms with Gasteiger partial charge in [-0.2, -0.15) is 0 Å². The van der Waals surface area contributed by atoms with Crippen LogP contribution in [0.3, 0.4) is 0 Å². The zero-order valence-electron chi connectivity index (χ0n) is 16.1. The number of benzene rings is 2. The van der Waals surface area contributed by atoms with Crippen LogP contribution in [0.1, 0.15) is 33.8 Å². The minimum absolute atomic E-state index is 0.0675. The molecular formula is C23H20ClNO5. The molecule has 2 heterocycles. The van der Waals surface area contributed by atoms with Gasteiger partial charge in [-0.15, -0.1) is 0 Å². The molecule has 4 rings (SSSR count). The zero-order chi connectivity index (χ0) is 20.9. The van der Waals surface area contributed by atoms with Gasteiger partial charge in [-0.1, -0.05) is 35.9 Å². The molecule has 1 aromatic heterocycles. The average molecular weight is 426 g/mol. The molecule has 2 aromatic carbocycles. The minimum atomic E-state index is -0.516. The van der Waals surface area contributed by atoms with E-state index in [-0.39, 0.29) is 24.0 Å². The van der Waals surface area contributed by atoms with Gasteiger partial charge >= 0.3 is 5.97 Å². The number of anilines is 1. The topological polar surface area (TPSA) is 77.8 Å². The monoisotopic (exact) mass is 425 g/mol. The molecule has 1 amide bonds. The van der Waals surface area contributed by atoms with E-state index in [0.29, 0.717) is 28.6 Å². The van der Waals surface area contributed by atoms with Crippen LogP contribution in [0.4, 0.5) is 5.69 Å². The summed E-state index contributed by atoms with van der Waals surface area (Å²) >= 11 is 6.19. The van der Waals surface area contributed by atoms with Crippen molar-refractivity contribution < 1.29 is 23.5 Å². The molecule has 0 aliphatic carbocycles. The predicted molar refractivity (Wildman–Crippen MR) is 113 cm³/mol. The number of esters is 1. The van der Waals surface area contributed by atoms with Crippen LogP contribution in [0.25, 0.3) is 11.3 Å². The second-order valence-corrected chi connectivity index (χ2v) is 7.28. The van der Waals surface area contributed by atoms with Crippen LogP contribution in [0.2, 0.25) is 5.02 Å². The molecule has 1 fully saturated rings. The van der Waals surface area contributed by atoms with E-state index in [0.717, 1.165) is 12.8 Å². The Morgan fingerprint density at radius 1 is 1.07 bits per heavy atom. The van der Waals surface area contributed by atoms with E-state index in [4.69, 9.17) is 25.5 Å². The molecule has 1 atom stereocenters. The molecule has 1 aliphatic rings. The van der Waals surface area contributed by atoms with Gasteiger partial charge in [-0.25, -0.2) is 4.79 Å². The van der Waals surface area contributed by atoms with Gasteiger partial charge in [0.15, 0.2) is 5.76 Å². The van der Waals surface area contributed by atoms with Crippen molar-refractivity contribution in [1.29, 1.82) is 0 Å². The number of amides is 1. The fourth-order valence-electron chi connectivity index (χ4n) is 3.24. The first-order valence-electron chi connectivity index (χ1n) is 9.65. The summed E-state index contributed by atoms with van der Waals surface area (Å²) in [6.07, 6.45) is 1.77. The molecule has 7 heteroatoms. The zero-order valence-corrected chi connectivity index (χ0v) is 16.9. The number of rotatable bonds is 6. The number of hydrogen-bond acceptors (Lipinski definition) is 5. The van der Waals surface area contributed by atoms with Crippen LogP contribution >= 0.6 is 11.6 Å². The maximum atomic E-state index is 12.7. The van der Waals surface area contributed by atoms with Crippen LogP contribution in [0.5, 0.6) is 0 Å². The Bertz CT molecular complexity index is 1060. The van der Waals surface area contributed by atoms with Gasteiger partial charge in [0.05, 0.1) is 22.4 Å². The predicted octanol–water partition coefficient (Wildman–Crippen LogP) is 5.19. The molecule has 1 N–H and O–H groups in total. The standard InChI is InChI=1S/C23H20ClNO5/c24-18-9-3-1-7-16(18)20-11-12-21(30-20)22(26)25-19-10-4-2-8-17(19)23(27)29-14-15-6-5-13-28-15/h1-4,7-12,15H,5-6,13-14H2,(H,25,26). The summed E-state index contributed by atoms with van der Waals surface area (Å²) in [6.45, 7) is 0.884. The molecule has 30 heavy (non-hydrogen) atoms. The van der Waals surface area contributed by atoms with Crippen molar-refractivity contribution in [3.8, 4) is 11.3 Å². The second-order valence-electron chi connectivity index (χ2n) is 6.88. The summed E-state index contributed by atoms with van der Waals surface area (Å²) in [4.78, 5) is 25.2. The SMILES string of the molecule is O=C(Nc1ccccc1C(=O)OCC1CCCO1)c1ccc(-c2ccccc2Cl)o1. The first-order chi connectivity index (χ1) is 14.6. The maximum absolute atomic E-state index is 12.7. The number of carbonyl (C=O) groups is 2. The van der Waals surface area contributed by atoms with Crippen LogP contribution in [0.15, 0.2) is 65.1 Å². The van der Waals surface area contributed by atoms with Gasteiger partial charge in [0.1, 0.15) is 12.4 Å². The van der Waals surface area contributed by atoms with Crippen molar-refractivity contribution in [2.45, 2.75) is 18.9 Å². The van der Waals surface area contributed by atoms with E-state index in [2.05, 4.69) is 5.32 Å². The van der Waals surface area contributed by atoms with Crippen LogP contribution in [-0.4, -0.2) is 31.2 Å². The van der Waals surface area contributed by atoms with Gasteiger partial charge < -0.3 is 19.2 Å². The molecule has 3 aromatic rings. The normalized spacial score (nSPS) is 15.7. The number of hydrogen-bond donors (Lipinski definition) is 1. The summed E-state index contributed by atoms with van der Waals surface area (Å²) < 4.78 is 16.5. The Labute approximate surface area is 178 Å². The van der Waals surface area contributed by atoms with Gasteiger partial charge in [0.2, 0.25) is 0 Å². The second kappa shape index (κ2) is 9.15. The maximum Gasteiger partial charge on any atom is 0.340 e. The fraction of sp³-hybridized carbons (Fsp3) is 0.217. The Morgan fingerprint density at radius 2 is 1.87 bits per heavy atom. The molecular weight excluding hydrogens is 406 g/mol. The number of nitrogens with one attached hydrogen (secondary N) is 1. The quantitative estimate of drug-likeness (QED) is 0.550. The van der Waals surface area contributed by atoms with Crippen LogP contribution in [-0.2, 0) is 9.47 Å².